The molecular weight excluding hydrogens is 464 g/mol. The number of allylic oxidation sites excluding steroid dienone is 1. The summed E-state index contributed by atoms with van der Waals surface area (Å²) in [7, 11) is 1.54. The van der Waals surface area contributed by atoms with E-state index in [-0.39, 0.29) is 11.6 Å². The van der Waals surface area contributed by atoms with E-state index in [0.29, 0.717) is 51.6 Å². The first-order valence-corrected chi connectivity index (χ1v) is 11.1. The minimum Gasteiger partial charge on any atom is -0.495 e. The zero-order chi connectivity index (χ0) is 25.4. The second-order valence-corrected chi connectivity index (χ2v) is 8.18. The normalized spacial score (nSPS) is 14.7. The zero-order valence-corrected chi connectivity index (χ0v) is 19.7. The molecule has 11 heteroatoms. The van der Waals surface area contributed by atoms with Crippen molar-refractivity contribution in [1.29, 1.82) is 0 Å². The molecule has 1 amide bonds. The number of methoxy groups -OCH3 is 1. The van der Waals surface area contributed by atoms with Gasteiger partial charge in [0.2, 0.25) is 5.95 Å². The Balaban J connectivity index is 1.56. The molecule has 0 spiro atoms. The van der Waals surface area contributed by atoms with Gasteiger partial charge in [0.25, 0.3) is 11.6 Å². The van der Waals surface area contributed by atoms with Crippen molar-refractivity contribution < 1.29 is 18.9 Å². The van der Waals surface area contributed by atoms with E-state index in [0.717, 1.165) is 0 Å². The fraction of sp³-hybridized carbons (Fsp3) is 0.160. The molecule has 0 aliphatic carbocycles. The van der Waals surface area contributed by atoms with Gasteiger partial charge in [-0.3, -0.25) is 14.9 Å². The number of nitrogens with one attached hydrogen (secondary N) is 2. The topological polar surface area (TPSA) is 137 Å². The number of carbonyl (C=O) groups is 1. The molecule has 5 rings (SSSR count). The number of rotatable bonds is 6. The third kappa shape index (κ3) is 4.06. The molecule has 1 atom stereocenters. The highest BCUT2D eigenvalue weighted by Crippen LogP contribution is 2.38. The summed E-state index contributed by atoms with van der Waals surface area (Å²) < 4.78 is 12.9. The number of furan rings is 1. The van der Waals surface area contributed by atoms with Crippen LogP contribution in [0.25, 0.3) is 11.4 Å². The molecule has 0 fully saturated rings. The number of nitrogens with zero attached hydrogens (tertiary/aromatic N) is 4. The van der Waals surface area contributed by atoms with Gasteiger partial charge in [-0.2, -0.15) is 4.98 Å². The minimum atomic E-state index is -0.705. The van der Waals surface area contributed by atoms with Crippen molar-refractivity contribution in [2.45, 2.75) is 19.9 Å². The summed E-state index contributed by atoms with van der Waals surface area (Å²) in [4.78, 5) is 28.7. The largest absolute Gasteiger partial charge is 0.495 e. The summed E-state index contributed by atoms with van der Waals surface area (Å²) in [6.45, 7) is 3.60. The van der Waals surface area contributed by atoms with Crippen LogP contribution in [0.15, 0.2) is 76.4 Å². The average Bonchev–Trinajstić information content (AvgIpc) is 3.49. The highest BCUT2D eigenvalue weighted by molar-refractivity contribution is 6.06. The first-order chi connectivity index (χ1) is 17.4. The van der Waals surface area contributed by atoms with E-state index >= 15 is 0 Å². The lowest BCUT2D eigenvalue weighted by Gasteiger charge is -2.27. The number of aryl methyl sites for hydroxylation is 1. The Morgan fingerprint density at radius 1 is 1.14 bits per heavy atom. The van der Waals surface area contributed by atoms with Crippen LogP contribution in [0.1, 0.15) is 24.5 Å². The van der Waals surface area contributed by atoms with Gasteiger partial charge >= 0.3 is 0 Å². The maximum atomic E-state index is 13.6. The number of hydrogen-bond donors (Lipinski definition) is 2. The maximum Gasteiger partial charge on any atom is 0.269 e. The molecule has 0 radical (unpaired) electrons. The summed E-state index contributed by atoms with van der Waals surface area (Å²) in [5.41, 5.74) is 2.06. The van der Waals surface area contributed by atoms with E-state index in [1.807, 2.05) is 19.1 Å². The quantitative estimate of drug-likeness (QED) is 0.296. The van der Waals surface area contributed by atoms with Crippen LogP contribution in [-0.4, -0.2) is 32.7 Å². The second kappa shape index (κ2) is 9.02. The number of carbonyl (C=O) groups excluding carboxylic acids is 1. The summed E-state index contributed by atoms with van der Waals surface area (Å²) in [5, 5.41) is 21.7. The van der Waals surface area contributed by atoms with Crippen molar-refractivity contribution in [3.63, 3.8) is 0 Å². The van der Waals surface area contributed by atoms with Crippen molar-refractivity contribution in [3.05, 3.63) is 93.6 Å². The Kier molecular flexibility index (Phi) is 5.72. The lowest BCUT2D eigenvalue weighted by atomic mass is 10.00. The van der Waals surface area contributed by atoms with Crippen LogP contribution in [0.2, 0.25) is 0 Å². The van der Waals surface area contributed by atoms with Gasteiger partial charge in [0.1, 0.15) is 23.3 Å². The Hall–Kier alpha value is -4.93. The number of anilines is 2. The van der Waals surface area contributed by atoms with Crippen LogP contribution in [0.5, 0.6) is 5.75 Å². The highest BCUT2D eigenvalue weighted by Gasteiger charge is 2.36. The summed E-state index contributed by atoms with van der Waals surface area (Å²) in [6, 6.07) is 16.0. The zero-order valence-electron chi connectivity index (χ0n) is 19.7. The number of amides is 1. The van der Waals surface area contributed by atoms with E-state index in [9.17, 15) is 14.9 Å². The van der Waals surface area contributed by atoms with Crippen molar-refractivity contribution in [2.75, 3.05) is 17.7 Å². The standard InChI is InChI=1S/C25H22N6O5/c1-14-8-13-20(36-14)22-21(24(32)27-18-6-4-5-7-19(18)35-3)15(2)26-25-28-23(29-30(22)25)16-9-11-17(12-10-16)31(33)34/h4-13,22H,1-3H3,(H,27,32)(H,26,28,29). The molecule has 11 nitrogen and oxygen atoms in total. The third-order valence-electron chi connectivity index (χ3n) is 5.82. The molecule has 1 aliphatic rings. The van der Waals surface area contributed by atoms with Crippen molar-refractivity contribution in [3.8, 4) is 17.1 Å². The monoisotopic (exact) mass is 486 g/mol. The van der Waals surface area contributed by atoms with Crippen molar-refractivity contribution in [2.24, 2.45) is 0 Å². The van der Waals surface area contributed by atoms with Crippen LogP contribution in [0, 0.1) is 17.0 Å². The molecule has 1 unspecified atom stereocenters. The number of nitro benzene ring substituents is 1. The molecule has 2 N–H and O–H groups in total. The summed E-state index contributed by atoms with van der Waals surface area (Å²) in [5.74, 6) is 2.12. The van der Waals surface area contributed by atoms with Gasteiger partial charge in [-0.05, 0) is 50.2 Å². The Morgan fingerprint density at radius 2 is 1.89 bits per heavy atom. The van der Waals surface area contributed by atoms with Gasteiger partial charge in [0.05, 0.1) is 23.3 Å². The first-order valence-electron chi connectivity index (χ1n) is 11.1. The SMILES string of the molecule is COc1ccccc1NC(=O)C1=C(C)Nc2nc(-c3ccc([N+](=O)[O-])cc3)nn2C1c1ccc(C)o1. The average molecular weight is 486 g/mol. The van der Waals surface area contributed by atoms with Crippen LogP contribution >= 0.6 is 0 Å². The van der Waals surface area contributed by atoms with E-state index in [2.05, 4.69) is 20.7 Å². The molecule has 182 valence electrons. The number of non-ortho nitro benzene ring substituents is 1. The van der Waals surface area contributed by atoms with Crippen molar-refractivity contribution >= 4 is 23.2 Å². The number of fused-ring (bicyclic) bond motifs is 1. The van der Waals surface area contributed by atoms with Gasteiger partial charge in [0.15, 0.2) is 5.82 Å². The van der Waals surface area contributed by atoms with E-state index in [1.54, 1.807) is 48.0 Å². The predicted molar refractivity (Wildman–Crippen MR) is 132 cm³/mol. The molecule has 1 aliphatic heterocycles. The van der Waals surface area contributed by atoms with E-state index in [4.69, 9.17) is 9.15 Å². The molecule has 0 bridgehead atoms. The molecule has 4 aromatic rings. The highest BCUT2D eigenvalue weighted by atomic mass is 16.6. The smallest absolute Gasteiger partial charge is 0.269 e. The minimum absolute atomic E-state index is 0.0300. The Labute approximate surface area is 205 Å². The van der Waals surface area contributed by atoms with Crippen LogP contribution in [0.4, 0.5) is 17.3 Å². The van der Waals surface area contributed by atoms with Gasteiger partial charge in [0, 0.05) is 23.4 Å². The molecule has 2 aromatic heterocycles. The summed E-state index contributed by atoms with van der Waals surface area (Å²) in [6.07, 6.45) is 0. The lowest BCUT2D eigenvalue weighted by molar-refractivity contribution is -0.384. The number of para-hydroxylation sites is 2. The second-order valence-electron chi connectivity index (χ2n) is 8.18. The molecule has 36 heavy (non-hydrogen) atoms. The van der Waals surface area contributed by atoms with Gasteiger partial charge in [-0.1, -0.05) is 12.1 Å². The van der Waals surface area contributed by atoms with E-state index in [1.165, 1.54) is 19.2 Å². The summed E-state index contributed by atoms with van der Waals surface area (Å²) >= 11 is 0. The van der Waals surface area contributed by atoms with Gasteiger partial charge < -0.3 is 19.8 Å². The van der Waals surface area contributed by atoms with Crippen LogP contribution in [0.3, 0.4) is 0 Å². The number of aromatic nitrogens is 3. The lowest BCUT2D eigenvalue weighted by Crippen LogP contribution is -2.31. The third-order valence-corrected chi connectivity index (χ3v) is 5.82. The molecule has 3 heterocycles. The van der Waals surface area contributed by atoms with Crippen LogP contribution in [-0.2, 0) is 4.79 Å². The number of nitro groups is 1. The fourth-order valence-corrected chi connectivity index (χ4v) is 4.10. The number of hydrogen-bond acceptors (Lipinski definition) is 8. The molecular formula is C25H22N6O5. The van der Waals surface area contributed by atoms with Gasteiger partial charge in [-0.15, -0.1) is 5.10 Å². The van der Waals surface area contributed by atoms with E-state index < -0.39 is 11.0 Å². The number of benzene rings is 2. The van der Waals surface area contributed by atoms with Gasteiger partial charge in [-0.25, -0.2) is 4.68 Å². The molecule has 0 saturated heterocycles. The predicted octanol–water partition coefficient (Wildman–Crippen LogP) is 4.69. The first kappa shape index (κ1) is 22.8. The molecule has 0 saturated carbocycles. The maximum absolute atomic E-state index is 13.6. The molecule has 2 aromatic carbocycles. The van der Waals surface area contributed by atoms with Crippen LogP contribution < -0.4 is 15.4 Å². The Morgan fingerprint density at radius 3 is 2.56 bits per heavy atom. The Bertz CT molecular complexity index is 1500. The fourth-order valence-electron chi connectivity index (χ4n) is 4.10. The number of ether oxygens (including phenoxy) is 1. The van der Waals surface area contributed by atoms with Crippen molar-refractivity contribution in [1.82, 2.24) is 14.8 Å².